The third-order valence-corrected chi connectivity index (χ3v) is 5.04. The molecule has 0 fully saturated rings. The molecule has 0 saturated carbocycles. The van der Waals surface area contributed by atoms with Gasteiger partial charge in [0.25, 0.3) is 0 Å². The number of fused-ring (bicyclic) bond motifs is 1. The number of benzene rings is 2. The van der Waals surface area contributed by atoms with Gasteiger partial charge in [-0.05, 0) is 36.8 Å². The molecule has 0 bridgehead atoms. The highest BCUT2D eigenvalue weighted by atomic mass is 32.2. The summed E-state index contributed by atoms with van der Waals surface area (Å²) in [6.45, 7) is 1.75. The van der Waals surface area contributed by atoms with Crippen molar-refractivity contribution in [2.45, 2.75) is 18.7 Å². The molecular formula is C17H15N3O3S. The maximum absolute atomic E-state index is 12.4. The number of sulfonamides is 1. The largest absolute Gasteiger partial charge is 0.356 e. The van der Waals surface area contributed by atoms with Gasteiger partial charge in [0, 0.05) is 11.4 Å². The summed E-state index contributed by atoms with van der Waals surface area (Å²) in [5, 5.41) is 13.3. The van der Waals surface area contributed by atoms with Gasteiger partial charge in [0.05, 0.1) is 11.6 Å². The van der Waals surface area contributed by atoms with E-state index in [-0.39, 0.29) is 5.75 Å². The van der Waals surface area contributed by atoms with Crippen LogP contribution in [0.25, 0.3) is 11.0 Å². The van der Waals surface area contributed by atoms with E-state index in [9.17, 15) is 8.42 Å². The fourth-order valence-corrected chi connectivity index (χ4v) is 3.77. The van der Waals surface area contributed by atoms with Gasteiger partial charge < -0.3 is 4.52 Å². The quantitative estimate of drug-likeness (QED) is 0.770. The lowest BCUT2D eigenvalue weighted by molar-refractivity contribution is 0.448. The van der Waals surface area contributed by atoms with Crippen LogP contribution >= 0.6 is 0 Å². The Kier molecular flexibility index (Phi) is 4.34. The van der Waals surface area contributed by atoms with E-state index in [1.54, 1.807) is 49.4 Å². The molecular weight excluding hydrogens is 326 g/mol. The summed E-state index contributed by atoms with van der Waals surface area (Å²) in [5.41, 5.74) is 2.25. The standard InChI is InChI=1S/C17H15N3O3S/c1-12(14-8-6-13(10-18)7-9-14)20-24(21,22)11-16-15-4-2-3-5-17(15)23-19-16/h2-9,12,20H,11H2,1H3. The van der Waals surface area contributed by atoms with Crippen molar-refractivity contribution in [3.8, 4) is 6.07 Å². The van der Waals surface area contributed by atoms with E-state index in [2.05, 4.69) is 9.88 Å². The Morgan fingerprint density at radius 2 is 1.92 bits per heavy atom. The highest BCUT2D eigenvalue weighted by Crippen LogP contribution is 2.21. The molecule has 1 unspecified atom stereocenters. The third kappa shape index (κ3) is 3.45. The van der Waals surface area contributed by atoms with Crippen LogP contribution in [0.15, 0.2) is 53.1 Å². The molecule has 0 aliphatic heterocycles. The number of nitrogens with zero attached hydrogens (tertiary/aromatic N) is 2. The molecule has 0 aliphatic carbocycles. The molecule has 0 radical (unpaired) electrons. The van der Waals surface area contributed by atoms with Crippen molar-refractivity contribution >= 4 is 21.0 Å². The molecule has 24 heavy (non-hydrogen) atoms. The Bertz CT molecular complexity index is 1000. The molecule has 1 N–H and O–H groups in total. The van der Waals surface area contributed by atoms with Crippen LogP contribution in [0.1, 0.15) is 29.8 Å². The van der Waals surface area contributed by atoms with Crippen molar-refractivity contribution in [2.24, 2.45) is 0 Å². The second-order valence-electron chi connectivity index (χ2n) is 5.46. The van der Waals surface area contributed by atoms with Gasteiger partial charge in [0.15, 0.2) is 5.58 Å². The molecule has 7 heteroatoms. The fraction of sp³-hybridized carbons (Fsp3) is 0.176. The number of rotatable bonds is 5. The minimum atomic E-state index is -3.60. The van der Waals surface area contributed by atoms with E-state index in [0.29, 0.717) is 22.2 Å². The molecule has 0 saturated heterocycles. The van der Waals surface area contributed by atoms with E-state index >= 15 is 0 Å². The number of aromatic nitrogens is 1. The van der Waals surface area contributed by atoms with Crippen LogP contribution < -0.4 is 4.72 Å². The van der Waals surface area contributed by atoms with Gasteiger partial charge in [0.1, 0.15) is 11.4 Å². The van der Waals surface area contributed by atoms with E-state index in [0.717, 1.165) is 5.56 Å². The van der Waals surface area contributed by atoms with Crippen molar-refractivity contribution in [3.05, 3.63) is 65.4 Å². The Balaban J connectivity index is 1.76. The second-order valence-corrected chi connectivity index (χ2v) is 7.21. The maximum atomic E-state index is 12.4. The number of hydrogen-bond acceptors (Lipinski definition) is 5. The van der Waals surface area contributed by atoms with Crippen LogP contribution in [0.3, 0.4) is 0 Å². The first-order valence-corrected chi connectivity index (χ1v) is 8.97. The lowest BCUT2D eigenvalue weighted by atomic mass is 10.1. The van der Waals surface area contributed by atoms with Gasteiger partial charge in [-0.25, -0.2) is 13.1 Å². The zero-order valence-corrected chi connectivity index (χ0v) is 13.7. The Morgan fingerprint density at radius 3 is 2.62 bits per heavy atom. The van der Waals surface area contributed by atoms with Crippen molar-refractivity contribution in [1.29, 1.82) is 5.26 Å². The number of para-hydroxylation sites is 1. The molecule has 0 spiro atoms. The van der Waals surface area contributed by atoms with Crippen LogP contribution in [0, 0.1) is 11.3 Å². The van der Waals surface area contributed by atoms with Crippen molar-refractivity contribution in [3.63, 3.8) is 0 Å². The minimum Gasteiger partial charge on any atom is -0.356 e. The molecule has 1 atom stereocenters. The predicted octanol–water partition coefficient (Wildman–Crippen LogP) is 2.88. The van der Waals surface area contributed by atoms with Gasteiger partial charge in [-0.1, -0.05) is 29.4 Å². The van der Waals surface area contributed by atoms with Crippen LogP contribution in [0.2, 0.25) is 0 Å². The van der Waals surface area contributed by atoms with Gasteiger partial charge in [-0.15, -0.1) is 0 Å². The monoisotopic (exact) mass is 341 g/mol. The number of nitrogens with one attached hydrogen (secondary N) is 1. The predicted molar refractivity (Wildman–Crippen MR) is 89.3 cm³/mol. The van der Waals surface area contributed by atoms with Gasteiger partial charge in [0.2, 0.25) is 10.0 Å². The first kappa shape index (κ1) is 16.2. The zero-order valence-electron chi connectivity index (χ0n) is 12.9. The lowest BCUT2D eigenvalue weighted by Gasteiger charge is -2.14. The maximum Gasteiger partial charge on any atom is 0.218 e. The molecule has 3 aromatic rings. The first-order valence-electron chi connectivity index (χ1n) is 7.32. The summed E-state index contributed by atoms with van der Waals surface area (Å²) < 4.78 is 32.6. The van der Waals surface area contributed by atoms with Crippen molar-refractivity contribution in [2.75, 3.05) is 0 Å². The smallest absolute Gasteiger partial charge is 0.218 e. The molecule has 1 aromatic heterocycles. The van der Waals surface area contributed by atoms with E-state index in [4.69, 9.17) is 9.78 Å². The summed E-state index contributed by atoms with van der Waals surface area (Å²) in [6, 6.07) is 15.5. The average molecular weight is 341 g/mol. The molecule has 2 aromatic carbocycles. The number of nitriles is 1. The summed E-state index contributed by atoms with van der Waals surface area (Å²) in [7, 11) is -3.60. The first-order chi connectivity index (χ1) is 11.5. The lowest BCUT2D eigenvalue weighted by Crippen LogP contribution is -2.28. The molecule has 6 nitrogen and oxygen atoms in total. The van der Waals surface area contributed by atoms with E-state index < -0.39 is 16.1 Å². The Hall–Kier alpha value is -2.69. The van der Waals surface area contributed by atoms with Gasteiger partial charge >= 0.3 is 0 Å². The fourth-order valence-electron chi connectivity index (χ4n) is 2.45. The van der Waals surface area contributed by atoms with Crippen molar-refractivity contribution in [1.82, 2.24) is 9.88 Å². The van der Waals surface area contributed by atoms with E-state index in [1.807, 2.05) is 12.1 Å². The summed E-state index contributed by atoms with van der Waals surface area (Å²) in [5.74, 6) is -0.259. The van der Waals surface area contributed by atoms with Gasteiger partial charge in [-0.3, -0.25) is 0 Å². The Labute approximate surface area is 139 Å². The number of hydrogen-bond donors (Lipinski definition) is 1. The van der Waals surface area contributed by atoms with Crippen LogP contribution in [0.5, 0.6) is 0 Å². The summed E-state index contributed by atoms with van der Waals surface area (Å²) in [6.07, 6.45) is 0. The third-order valence-electron chi connectivity index (χ3n) is 3.68. The molecule has 122 valence electrons. The SMILES string of the molecule is CC(NS(=O)(=O)Cc1noc2ccccc12)c1ccc(C#N)cc1. The molecule has 0 aliphatic rings. The highest BCUT2D eigenvalue weighted by molar-refractivity contribution is 7.88. The van der Waals surface area contributed by atoms with Crippen molar-refractivity contribution < 1.29 is 12.9 Å². The van der Waals surface area contributed by atoms with Crippen LogP contribution in [0.4, 0.5) is 0 Å². The molecule has 3 rings (SSSR count). The zero-order chi connectivity index (χ0) is 17.2. The summed E-state index contributed by atoms with van der Waals surface area (Å²) in [4.78, 5) is 0. The van der Waals surface area contributed by atoms with E-state index in [1.165, 1.54) is 0 Å². The average Bonchev–Trinajstić information content (AvgIpc) is 2.97. The summed E-state index contributed by atoms with van der Waals surface area (Å²) >= 11 is 0. The van der Waals surface area contributed by atoms with Crippen LogP contribution in [-0.2, 0) is 15.8 Å². The van der Waals surface area contributed by atoms with Gasteiger partial charge in [-0.2, -0.15) is 5.26 Å². The second kappa shape index (κ2) is 6.43. The minimum absolute atomic E-state index is 0.259. The van der Waals surface area contributed by atoms with Crippen LogP contribution in [-0.4, -0.2) is 13.6 Å². The molecule has 0 amide bonds. The Morgan fingerprint density at radius 1 is 1.21 bits per heavy atom. The normalized spacial score (nSPS) is 12.8. The highest BCUT2D eigenvalue weighted by Gasteiger charge is 2.20. The topological polar surface area (TPSA) is 96.0 Å². The molecule has 1 heterocycles.